The first kappa shape index (κ1) is 13.6. The van der Waals surface area contributed by atoms with Gasteiger partial charge in [0.2, 0.25) is 5.88 Å². The maximum absolute atomic E-state index is 5.29. The van der Waals surface area contributed by atoms with E-state index in [9.17, 15) is 0 Å². The van der Waals surface area contributed by atoms with E-state index in [1.165, 1.54) is 25.7 Å². The highest BCUT2D eigenvalue weighted by Gasteiger charge is 2.23. The number of methoxy groups -OCH3 is 1. The highest BCUT2D eigenvalue weighted by molar-refractivity contribution is 9.09. The summed E-state index contributed by atoms with van der Waals surface area (Å²) in [7, 11) is 1.66. The summed E-state index contributed by atoms with van der Waals surface area (Å²) in [6.07, 6.45) is 6.65. The highest BCUT2D eigenvalue weighted by Crippen LogP contribution is 2.29. The fourth-order valence-electron chi connectivity index (χ4n) is 2.54. The summed E-state index contributed by atoms with van der Waals surface area (Å²) in [5.74, 6) is 1.70. The topological polar surface area (TPSA) is 38.3 Å². The number of alkyl halides is 1. The Kier molecular flexibility index (Phi) is 4.80. The minimum absolute atomic E-state index is 0.519. The summed E-state index contributed by atoms with van der Waals surface area (Å²) < 4.78 is 5.29. The first-order valence-electron chi connectivity index (χ1n) is 6.46. The monoisotopic (exact) mass is 313 g/mol. The number of halogens is 1. The van der Waals surface area contributed by atoms with Crippen molar-refractivity contribution in [3.8, 4) is 5.88 Å². The van der Waals surface area contributed by atoms with E-state index in [0.717, 1.165) is 23.3 Å². The second-order valence-electron chi connectivity index (χ2n) is 4.68. The van der Waals surface area contributed by atoms with Gasteiger partial charge in [0.05, 0.1) is 12.7 Å². The summed E-state index contributed by atoms with van der Waals surface area (Å²) in [5.41, 5.74) is 1.04. The lowest BCUT2D eigenvalue weighted by atomic mass is 10.1. The molecule has 2 heterocycles. The normalized spacial score (nSPS) is 20.6. The van der Waals surface area contributed by atoms with Crippen molar-refractivity contribution >= 4 is 21.7 Å². The second-order valence-corrected chi connectivity index (χ2v) is 5.33. The smallest absolute Gasteiger partial charge is 0.221 e. The van der Waals surface area contributed by atoms with Gasteiger partial charge in [-0.1, -0.05) is 28.8 Å². The third kappa shape index (κ3) is 2.76. The van der Waals surface area contributed by atoms with Crippen molar-refractivity contribution in [2.45, 2.75) is 38.6 Å². The Morgan fingerprint density at radius 1 is 1.39 bits per heavy atom. The van der Waals surface area contributed by atoms with Crippen LogP contribution in [-0.2, 0) is 0 Å². The summed E-state index contributed by atoms with van der Waals surface area (Å²) in [5, 5.41) is 0.985. The molecule has 0 radical (unpaired) electrons. The molecule has 0 saturated carbocycles. The van der Waals surface area contributed by atoms with E-state index in [4.69, 9.17) is 4.74 Å². The van der Waals surface area contributed by atoms with E-state index in [1.807, 2.05) is 6.92 Å². The third-order valence-electron chi connectivity index (χ3n) is 3.53. The fraction of sp³-hybridized carbons (Fsp3) is 0.692. The summed E-state index contributed by atoms with van der Waals surface area (Å²) in [6, 6.07) is 0.519. The molecule has 0 N–H and O–H groups in total. The van der Waals surface area contributed by atoms with Crippen molar-refractivity contribution < 1.29 is 4.74 Å². The van der Waals surface area contributed by atoms with Crippen LogP contribution in [0.1, 0.15) is 31.2 Å². The number of aromatic nitrogens is 2. The molecule has 1 aromatic rings. The van der Waals surface area contributed by atoms with Crippen molar-refractivity contribution in [3.05, 3.63) is 11.9 Å². The van der Waals surface area contributed by atoms with Gasteiger partial charge in [-0.25, -0.2) is 9.97 Å². The van der Waals surface area contributed by atoms with Crippen molar-refractivity contribution in [2.75, 3.05) is 23.9 Å². The van der Waals surface area contributed by atoms with Gasteiger partial charge in [0.1, 0.15) is 12.1 Å². The average molecular weight is 314 g/mol. The molecule has 1 aromatic heterocycles. The highest BCUT2D eigenvalue weighted by atomic mass is 79.9. The Morgan fingerprint density at radius 2 is 2.22 bits per heavy atom. The maximum atomic E-state index is 5.29. The van der Waals surface area contributed by atoms with E-state index < -0.39 is 0 Å². The predicted molar refractivity (Wildman–Crippen MR) is 76.7 cm³/mol. The molecule has 1 fully saturated rings. The van der Waals surface area contributed by atoms with Gasteiger partial charge in [0.15, 0.2) is 0 Å². The number of anilines is 1. The van der Waals surface area contributed by atoms with Gasteiger partial charge in [-0.2, -0.15) is 0 Å². The van der Waals surface area contributed by atoms with Crippen LogP contribution in [0.2, 0.25) is 0 Å². The number of nitrogens with zero attached hydrogens (tertiary/aromatic N) is 3. The fourth-order valence-corrected chi connectivity index (χ4v) is 3.21. The number of ether oxygens (including phenoxy) is 1. The Morgan fingerprint density at radius 3 is 2.94 bits per heavy atom. The van der Waals surface area contributed by atoms with Crippen molar-refractivity contribution in [3.63, 3.8) is 0 Å². The number of hydrogen-bond donors (Lipinski definition) is 0. The Balaban J connectivity index is 2.32. The van der Waals surface area contributed by atoms with Gasteiger partial charge in [-0.05, 0) is 19.8 Å². The molecule has 0 spiro atoms. The van der Waals surface area contributed by atoms with E-state index >= 15 is 0 Å². The Bertz CT molecular complexity index is 400. The molecular weight excluding hydrogens is 294 g/mol. The van der Waals surface area contributed by atoms with Gasteiger partial charge in [-0.3, -0.25) is 0 Å². The van der Waals surface area contributed by atoms with Crippen LogP contribution in [0.25, 0.3) is 0 Å². The Labute approximate surface area is 117 Å². The molecule has 2 rings (SSSR count). The molecule has 0 amide bonds. The molecule has 1 aliphatic rings. The average Bonchev–Trinajstić information content (AvgIpc) is 2.64. The molecule has 0 bridgehead atoms. The van der Waals surface area contributed by atoms with Crippen LogP contribution in [0, 0.1) is 6.92 Å². The van der Waals surface area contributed by atoms with Crippen molar-refractivity contribution in [2.24, 2.45) is 0 Å². The van der Waals surface area contributed by atoms with Gasteiger partial charge in [-0.15, -0.1) is 0 Å². The quantitative estimate of drug-likeness (QED) is 0.804. The lowest BCUT2D eigenvalue weighted by molar-refractivity contribution is 0.393. The van der Waals surface area contributed by atoms with Crippen LogP contribution >= 0.6 is 15.9 Å². The second kappa shape index (κ2) is 6.36. The summed E-state index contributed by atoms with van der Waals surface area (Å²) in [6.45, 7) is 3.10. The van der Waals surface area contributed by atoms with Gasteiger partial charge >= 0.3 is 0 Å². The molecule has 100 valence electrons. The van der Waals surface area contributed by atoms with Crippen LogP contribution < -0.4 is 9.64 Å². The largest absolute Gasteiger partial charge is 0.481 e. The van der Waals surface area contributed by atoms with Crippen molar-refractivity contribution in [1.29, 1.82) is 0 Å². The molecule has 1 aliphatic heterocycles. The standard InChI is InChI=1S/C13H20BrN3O/c1-10-12(15-9-16-13(10)18-2)17-7-5-3-4-6-11(17)8-14/h9,11H,3-8H2,1-2H3. The molecule has 0 aliphatic carbocycles. The molecule has 1 atom stereocenters. The van der Waals surface area contributed by atoms with E-state index in [2.05, 4.69) is 30.8 Å². The van der Waals surface area contributed by atoms with Crippen LogP contribution in [-0.4, -0.2) is 35.0 Å². The number of rotatable bonds is 3. The molecule has 1 unspecified atom stereocenters. The summed E-state index contributed by atoms with van der Waals surface area (Å²) >= 11 is 3.63. The molecule has 4 nitrogen and oxygen atoms in total. The molecule has 18 heavy (non-hydrogen) atoms. The SMILES string of the molecule is COc1ncnc(N2CCCCCC2CBr)c1C. The minimum Gasteiger partial charge on any atom is -0.481 e. The lowest BCUT2D eigenvalue weighted by Gasteiger charge is -2.31. The lowest BCUT2D eigenvalue weighted by Crippen LogP contribution is -2.37. The van der Waals surface area contributed by atoms with Gasteiger partial charge in [0, 0.05) is 17.9 Å². The number of hydrogen-bond acceptors (Lipinski definition) is 4. The van der Waals surface area contributed by atoms with Crippen LogP contribution in [0.3, 0.4) is 0 Å². The third-order valence-corrected chi connectivity index (χ3v) is 4.28. The predicted octanol–water partition coefficient (Wildman–Crippen LogP) is 2.94. The van der Waals surface area contributed by atoms with Crippen LogP contribution in [0.4, 0.5) is 5.82 Å². The molecule has 1 saturated heterocycles. The van der Waals surface area contributed by atoms with Crippen molar-refractivity contribution in [1.82, 2.24) is 9.97 Å². The van der Waals surface area contributed by atoms with Crippen LogP contribution in [0.15, 0.2) is 6.33 Å². The van der Waals surface area contributed by atoms with E-state index in [0.29, 0.717) is 11.9 Å². The zero-order valence-corrected chi connectivity index (χ0v) is 12.6. The molecule has 5 heteroatoms. The Hall–Kier alpha value is -0.840. The minimum atomic E-state index is 0.519. The summed E-state index contributed by atoms with van der Waals surface area (Å²) in [4.78, 5) is 11.0. The van der Waals surface area contributed by atoms with Gasteiger partial charge < -0.3 is 9.64 Å². The van der Waals surface area contributed by atoms with Gasteiger partial charge in [0.25, 0.3) is 0 Å². The van der Waals surface area contributed by atoms with E-state index in [1.54, 1.807) is 13.4 Å². The molecule has 0 aromatic carbocycles. The first-order chi connectivity index (χ1) is 8.77. The zero-order valence-electron chi connectivity index (χ0n) is 11.0. The van der Waals surface area contributed by atoms with Crippen LogP contribution in [0.5, 0.6) is 5.88 Å². The van der Waals surface area contributed by atoms with E-state index in [-0.39, 0.29) is 0 Å². The maximum Gasteiger partial charge on any atom is 0.221 e. The zero-order chi connectivity index (χ0) is 13.0. The first-order valence-corrected chi connectivity index (χ1v) is 7.58. The molecular formula is C13H20BrN3O.